The first-order valence-corrected chi connectivity index (χ1v) is 8.32. The standard InChI is InChI=1S/C19H15Cl2N3O/c1-12-4-2-3-5-17(12)24-19(25)13-8-15(11-22-10-13)23-18-9-14(20)6-7-16(18)21/h2-11,23H,1H3,(H,24,25). The van der Waals surface area contributed by atoms with Gasteiger partial charge in [0.05, 0.1) is 28.2 Å². The van der Waals surface area contributed by atoms with E-state index in [0.717, 1.165) is 11.3 Å². The SMILES string of the molecule is Cc1ccccc1NC(=O)c1cncc(Nc2cc(Cl)ccc2Cl)c1. The van der Waals surface area contributed by atoms with Gasteiger partial charge in [-0.3, -0.25) is 9.78 Å². The molecule has 0 saturated carbocycles. The van der Waals surface area contributed by atoms with Crippen LogP contribution in [0.4, 0.5) is 17.1 Å². The van der Waals surface area contributed by atoms with Gasteiger partial charge in [-0.1, -0.05) is 41.4 Å². The van der Waals surface area contributed by atoms with E-state index in [0.29, 0.717) is 27.0 Å². The molecule has 0 spiro atoms. The van der Waals surface area contributed by atoms with Crippen molar-refractivity contribution in [2.45, 2.75) is 6.92 Å². The van der Waals surface area contributed by atoms with Crippen molar-refractivity contribution in [2.75, 3.05) is 10.6 Å². The van der Waals surface area contributed by atoms with E-state index in [2.05, 4.69) is 15.6 Å². The Bertz CT molecular complexity index is 928. The number of anilines is 3. The summed E-state index contributed by atoms with van der Waals surface area (Å²) in [6, 6.07) is 14.4. The Morgan fingerprint density at radius 2 is 1.80 bits per heavy atom. The van der Waals surface area contributed by atoms with Crippen molar-refractivity contribution in [3.63, 3.8) is 0 Å². The van der Waals surface area contributed by atoms with Gasteiger partial charge < -0.3 is 10.6 Å². The van der Waals surface area contributed by atoms with Crippen molar-refractivity contribution in [2.24, 2.45) is 0 Å². The van der Waals surface area contributed by atoms with Crippen LogP contribution < -0.4 is 10.6 Å². The van der Waals surface area contributed by atoms with Crippen molar-refractivity contribution < 1.29 is 4.79 Å². The number of aryl methyl sites for hydroxylation is 1. The maximum absolute atomic E-state index is 12.5. The molecular weight excluding hydrogens is 357 g/mol. The second-order valence-corrected chi connectivity index (χ2v) is 6.32. The van der Waals surface area contributed by atoms with Crippen molar-refractivity contribution in [1.82, 2.24) is 4.98 Å². The highest BCUT2D eigenvalue weighted by Gasteiger charge is 2.10. The van der Waals surface area contributed by atoms with E-state index < -0.39 is 0 Å². The lowest BCUT2D eigenvalue weighted by Crippen LogP contribution is -2.13. The average molecular weight is 372 g/mol. The molecule has 1 heterocycles. The molecule has 2 aromatic carbocycles. The lowest BCUT2D eigenvalue weighted by atomic mass is 10.2. The quantitative estimate of drug-likeness (QED) is 0.618. The average Bonchev–Trinajstić information content (AvgIpc) is 2.60. The molecule has 0 fully saturated rings. The van der Waals surface area contributed by atoms with E-state index in [1.807, 2.05) is 31.2 Å². The summed E-state index contributed by atoms with van der Waals surface area (Å²) in [4.78, 5) is 16.6. The molecule has 0 radical (unpaired) electrons. The molecule has 25 heavy (non-hydrogen) atoms. The van der Waals surface area contributed by atoms with Crippen LogP contribution in [0.25, 0.3) is 0 Å². The summed E-state index contributed by atoms with van der Waals surface area (Å²) in [5, 5.41) is 7.10. The Hall–Kier alpha value is -2.56. The first-order chi connectivity index (χ1) is 12.0. The monoisotopic (exact) mass is 371 g/mol. The number of rotatable bonds is 4. The van der Waals surface area contributed by atoms with Crippen molar-refractivity contribution in [1.29, 1.82) is 0 Å². The van der Waals surface area contributed by atoms with Crippen LogP contribution in [0.3, 0.4) is 0 Å². The summed E-state index contributed by atoms with van der Waals surface area (Å²) < 4.78 is 0. The molecule has 0 bridgehead atoms. The van der Waals surface area contributed by atoms with Gasteiger partial charge in [0.1, 0.15) is 0 Å². The second kappa shape index (κ2) is 7.55. The zero-order valence-corrected chi connectivity index (χ0v) is 14.9. The van der Waals surface area contributed by atoms with Gasteiger partial charge in [0.2, 0.25) is 0 Å². The third kappa shape index (κ3) is 4.29. The van der Waals surface area contributed by atoms with E-state index in [9.17, 15) is 4.79 Å². The van der Waals surface area contributed by atoms with Crippen molar-refractivity contribution in [3.05, 3.63) is 82.1 Å². The molecule has 3 rings (SSSR count). The predicted molar refractivity (Wildman–Crippen MR) is 103 cm³/mol. The number of para-hydroxylation sites is 1. The van der Waals surface area contributed by atoms with Crippen LogP contribution in [0, 0.1) is 6.92 Å². The topological polar surface area (TPSA) is 54.0 Å². The van der Waals surface area contributed by atoms with Gasteiger partial charge >= 0.3 is 0 Å². The van der Waals surface area contributed by atoms with Crippen LogP contribution in [-0.2, 0) is 0 Å². The summed E-state index contributed by atoms with van der Waals surface area (Å²) in [5.41, 5.74) is 3.48. The normalized spacial score (nSPS) is 10.4. The largest absolute Gasteiger partial charge is 0.353 e. The Kier molecular flexibility index (Phi) is 5.22. The molecule has 2 N–H and O–H groups in total. The number of carbonyl (C=O) groups is 1. The molecule has 1 aromatic heterocycles. The van der Waals surface area contributed by atoms with E-state index in [4.69, 9.17) is 23.2 Å². The highest BCUT2D eigenvalue weighted by atomic mass is 35.5. The number of nitrogens with one attached hydrogen (secondary N) is 2. The first kappa shape index (κ1) is 17.3. The number of pyridine rings is 1. The van der Waals surface area contributed by atoms with E-state index in [1.54, 1.807) is 30.5 Å². The van der Waals surface area contributed by atoms with Crippen molar-refractivity contribution in [3.8, 4) is 0 Å². The Labute approximate surface area is 155 Å². The van der Waals surface area contributed by atoms with Crippen LogP contribution in [0.2, 0.25) is 10.0 Å². The van der Waals surface area contributed by atoms with E-state index >= 15 is 0 Å². The van der Waals surface area contributed by atoms with Crippen LogP contribution in [0.1, 0.15) is 15.9 Å². The number of benzene rings is 2. The summed E-state index contributed by atoms with van der Waals surface area (Å²) in [7, 11) is 0. The predicted octanol–water partition coefficient (Wildman–Crippen LogP) is 5.69. The number of aromatic nitrogens is 1. The molecule has 3 aromatic rings. The fourth-order valence-electron chi connectivity index (χ4n) is 2.29. The van der Waals surface area contributed by atoms with Gasteiger partial charge in [0, 0.05) is 16.9 Å². The summed E-state index contributed by atoms with van der Waals surface area (Å²) in [5.74, 6) is -0.234. The maximum atomic E-state index is 12.5. The number of carbonyl (C=O) groups excluding carboxylic acids is 1. The number of amides is 1. The lowest BCUT2D eigenvalue weighted by molar-refractivity contribution is 0.102. The third-order valence-corrected chi connectivity index (χ3v) is 4.17. The minimum absolute atomic E-state index is 0.234. The minimum atomic E-state index is -0.234. The van der Waals surface area contributed by atoms with Gasteiger partial charge in [-0.05, 0) is 42.8 Å². The molecular formula is C19H15Cl2N3O. The van der Waals surface area contributed by atoms with Gasteiger partial charge in [-0.2, -0.15) is 0 Å². The summed E-state index contributed by atoms with van der Waals surface area (Å²) in [6.07, 6.45) is 3.13. The number of nitrogens with zero attached hydrogens (tertiary/aromatic N) is 1. The number of hydrogen-bond donors (Lipinski definition) is 2. The molecule has 0 aliphatic rings. The van der Waals surface area contributed by atoms with Gasteiger partial charge in [0.25, 0.3) is 5.91 Å². The molecule has 1 amide bonds. The van der Waals surface area contributed by atoms with E-state index in [-0.39, 0.29) is 5.91 Å². The molecule has 4 nitrogen and oxygen atoms in total. The minimum Gasteiger partial charge on any atom is -0.353 e. The Balaban J connectivity index is 1.80. The number of hydrogen-bond acceptors (Lipinski definition) is 3. The maximum Gasteiger partial charge on any atom is 0.257 e. The molecule has 6 heteroatoms. The zero-order valence-electron chi connectivity index (χ0n) is 13.4. The van der Waals surface area contributed by atoms with Crippen LogP contribution >= 0.6 is 23.2 Å². The smallest absolute Gasteiger partial charge is 0.257 e. The lowest BCUT2D eigenvalue weighted by Gasteiger charge is -2.11. The van der Waals surface area contributed by atoms with E-state index in [1.165, 1.54) is 6.20 Å². The second-order valence-electron chi connectivity index (χ2n) is 5.48. The summed E-state index contributed by atoms with van der Waals surface area (Å²) in [6.45, 7) is 1.94. The summed E-state index contributed by atoms with van der Waals surface area (Å²) >= 11 is 12.1. The molecule has 0 aliphatic carbocycles. The molecule has 126 valence electrons. The molecule has 0 aliphatic heterocycles. The molecule has 0 unspecified atom stereocenters. The van der Waals surface area contributed by atoms with Gasteiger partial charge in [0.15, 0.2) is 0 Å². The molecule has 0 saturated heterocycles. The highest BCUT2D eigenvalue weighted by molar-refractivity contribution is 6.35. The fourth-order valence-corrected chi connectivity index (χ4v) is 2.63. The first-order valence-electron chi connectivity index (χ1n) is 7.57. The third-order valence-electron chi connectivity index (χ3n) is 3.60. The van der Waals surface area contributed by atoms with Gasteiger partial charge in [-0.25, -0.2) is 0 Å². The fraction of sp³-hybridized carbons (Fsp3) is 0.0526. The van der Waals surface area contributed by atoms with Gasteiger partial charge in [-0.15, -0.1) is 0 Å². The van der Waals surface area contributed by atoms with Crippen LogP contribution in [0.5, 0.6) is 0 Å². The van der Waals surface area contributed by atoms with Crippen LogP contribution in [0.15, 0.2) is 60.9 Å². The Morgan fingerprint density at radius 3 is 2.60 bits per heavy atom. The van der Waals surface area contributed by atoms with Crippen LogP contribution in [-0.4, -0.2) is 10.9 Å². The number of halogens is 2. The van der Waals surface area contributed by atoms with Crippen molar-refractivity contribution >= 4 is 46.2 Å². The zero-order chi connectivity index (χ0) is 17.8. The molecule has 0 atom stereocenters. The highest BCUT2D eigenvalue weighted by Crippen LogP contribution is 2.28. The Morgan fingerprint density at radius 1 is 1.00 bits per heavy atom.